The number of nitrogens with zero attached hydrogens (tertiary/aromatic N) is 1. The lowest BCUT2D eigenvalue weighted by Crippen LogP contribution is -2.39. The Kier molecular flexibility index (Phi) is 7.12. The van der Waals surface area contributed by atoms with Crippen LogP contribution in [-0.4, -0.2) is 44.1 Å². The molecule has 2 atom stereocenters. The van der Waals surface area contributed by atoms with Gasteiger partial charge in [0.05, 0.1) is 0 Å². The topological polar surface area (TPSA) is 54.7 Å². The number of amides is 1. The first-order valence-electron chi connectivity index (χ1n) is 8.66. The molecule has 0 aromatic carbocycles. The summed E-state index contributed by atoms with van der Waals surface area (Å²) in [5, 5.41) is 2.92. The van der Waals surface area contributed by atoms with Crippen molar-refractivity contribution in [1.82, 2.24) is 10.2 Å². The lowest BCUT2D eigenvalue weighted by atomic mass is 9.92. The van der Waals surface area contributed by atoms with E-state index < -0.39 is 0 Å². The smallest absolute Gasteiger partial charge is 0.286 e. The standard InChI is InChI=1S/C18H30N2O3/c1-14-10-15(2)12-20(11-14)9-5-4-8-19-18(21)17-7-6-16(23-17)13-22-3/h6-7,14-15H,4-5,8-13H2,1-3H3,(H,19,21). The number of carbonyl (C=O) groups excluding carboxylic acids is 1. The maximum absolute atomic E-state index is 12.0. The second-order valence-electron chi connectivity index (χ2n) is 6.87. The van der Waals surface area contributed by atoms with E-state index in [2.05, 4.69) is 24.1 Å². The maximum Gasteiger partial charge on any atom is 0.286 e. The van der Waals surface area contributed by atoms with Gasteiger partial charge in [-0.2, -0.15) is 0 Å². The molecule has 0 spiro atoms. The van der Waals surface area contributed by atoms with Crippen molar-refractivity contribution < 1.29 is 13.9 Å². The molecule has 1 saturated heterocycles. The van der Waals surface area contributed by atoms with Crippen molar-refractivity contribution in [2.24, 2.45) is 11.8 Å². The SMILES string of the molecule is COCc1ccc(C(=O)NCCCCN2CC(C)CC(C)C2)o1. The molecule has 2 unspecified atom stereocenters. The van der Waals surface area contributed by atoms with Crippen molar-refractivity contribution in [3.8, 4) is 0 Å². The van der Waals surface area contributed by atoms with Crippen LogP contribution in [0.4, 0.5) is 0 Å². The fourth-order valence-electron chi connectivity index (χ4n) is 3.44. The van der Waals surface area contributed by atoms with Crippen LogP contribution in [0.3, 0.4) is 0 Å². The van der Waals surface area contributed by atoms with Crippen molar-refractivity contribution in [3.05, 3.63) is 23.7 Å². The molecular weight excluding hydrogens is 292 g/mol. The van der Waals surface area contributed by atoms with Crippen LogP contribution in [0.25, 0.3) is 0 Å². The van der Waals surface area contributed by atoms with Gasteiger partial charge in [-0.15, -0.1) is 0 Å². The number of methoxy groups -OCH3 is 1. The first kappa shape index (κ1) is 18.0. The Hall–Kier alpha value is -1.33. The molecule has 23 heavy (non-hydrogen) atoms. The predicted molar refractivity (Wildman–Crippen MR) is 90.4 cm³/mol. The predicted octanol–water partition coefficient (Wildman–Crippen LogP) is 2.91. The molecule has 1 aliphatic heterocycles. The Morgan fingerprint density at radius 3 is 2.74 bits per heavy atom. The van der Waals surface area contributed by atoms with Crippen LogP contribution in [-0.2, 0) is 11.3 Å². The highest BCUT2D eigenvalue weighted by Crippen LogP contribution is 2.20. The average molecular weight is 322 g/mol. The van der Waals surface area contributed by atoms with Crippen LogP contribution in [0.2, 0.25) is 0 Å². The minimum atomic E-state index is -0.146. The van der Waals surface area contributed by atoms with Gasteiger partial charge in [0.15, 0.2) is 5.76 Å². The molecule has 0 bridgehead atoms. The molecule has 1 N–H and O–H groups in total. The third kappa shape index (κ3) is 5.99. The molecular formula is C18H30N2O3. The third-order valence-electron chi connectivity index (χ3n) is 4.30. The van der Waals surface area contributed by atoms with E-state index in [1.807, 2.05) is 0 Å². The number of likely N-dealkylation sites (tertiary alicyclic amines) is 1. The number of piperidine rings is 1. The Labute approximate surface area is 139 Å². The number of rotatable bonds is 8. The van der Waals surface area contributed by atoms with Gasteiger partial charge in [0.2, 0.25) is 0 Å². The van der Waals surface area contributed by atoms with Gasteiger partial charge in [-0.25, -0.2) is 0 Å². The van der Waals surface area contributed by atoms with Gasteiger partial charge in [0, 0.05) is 26.7 Å². The summed E-state index contributed by atoms with van der Waals surface area (Å²) in [5.74, 6) is 2.49. The zero-order valence-corrected chi connectivity index (χ0v) is 14.6. The zero-order valence-electron chi connectivity index (χ0n) is 14.6. The quantitative estimate of drug-likeness (QED) is 0.748. The molecule has 2 rings (SSSR count). The number of hydrogen-bond donors (Lipinski definition) is 1. The number of furan rings is 1. The molecule has 0 aliphatic carbocycles. The molecule has 0 radical (unpaired) electrons. The normalized spacial score (nSPS) is 22.2. The Morgan fingerprint density at radius 1 is 1.30 bits per heavy atom. The molecule has 1 amide bonds. The van der Waals surface area contributed by atoms with E-state index in [0.717, 1.165) is 31.2 Å². The average Bonchev–Trinajstić information content (AvgIpc) is 2.95. The van der Waals surface area contributed by atoms with Gasteiger partial charge in [0.25, 0.3) is 5.91 Å². The highest BCUT2D eigenvalue weighted by atomic mass is 16.5. The second kappa shape index (κ2) is 9.08. The molecule has 130 valence electrons. The van der Waals surface area contributed by atoms with E-state index in [-0.39, 0.29) is 5.91 Å². The van der Waals surface area contributed by atoms with Crippen molar-refractivity contribution in [1.29, 1.82) is 0 Å². The van der Waals surface area contributed by atoms with Crippen LogP contribution in [0, 0.1) is 11.8 Å². The van der Waals surface area contributed by atoms with E-state index in [1.54, 1.807) is 19.2 Å². The Morgan fingerprint density at radius 2 is 2.04 bits per heavy atom. The summed E-state index contributed by atoms with van der Waals surface area (Å²) in [6.45, 7) is 9.31. The highest BCUT2D eigenvalue weighted by Gasteiger charge is 2.21. The van der Waals surface area contributed by atoms with Crippen molar-refractivity contribution in [3.63, 3.8) is 0 Å². The van der Waals surface area contributed by atoms with Crippen LogP contribution >= 0.6 is 0 Å². The van der Waals surface area contributed by atoms with Crippen molar-refractivity contribution in [2.45, 2.75) is 39.7 Å². The number of hydrogen-bond acceptors (Lipinski definition) is 4. The molecule has 1 aliphatic rings. The van der Waals surface area contributed by atoms with Crippen LogP contribution in [0.5, 0.6) is 0 Å². The van der Waals surface area contributed by atoms with Crippen molar-refractivity contribution in [2.75, 3.05) is 33.3 Å². The fraction of sp³-hybridized carbons (Fsp3) is 0.722. The second-order valence-corrected chi connectivity index (χ2v) is 6.87. The number of carbonyl (C=O) groups is 1. The number of unbranched alkanes of at least 4 members (excludes halogenated alkanes) is 1. The monoisotopic (exact) mass is 322 g/mol. The van der Waals surface area contributed by atoms with Gasteiger partial charge in [-0.1, -0.05) is 13.8 Å². The highest BCUT2D eigenvalue weighted by molar-refractivity contribution is 5.91. The zero-order chi connectivity index (χ0) is 16.7. The Balaban J connectivity index is 1.60. The molecule has 1 aromatic rings. The molecule has 1 fully saturated rings. The summed E-state index contributed by atoms with van der Waals surface area (Å²) in [6.07, 6.45) is 3.46. The summed E-state index contributed by atoms with van der Waals surface area (Å²) >= 11 is 0. The van der Waals surface area contributed by atoms with E-state index >= 15 is 0 Å². The van der Waals surface area contributed by atoms with E-state index in [9.17, 15) is 4.79 Å². The molecule has 2 heterocycles. The fourth-order valence-corrected chi connectivity index (χ4v) is 3.44. The number of ether oxygens (including phenoxy) is 1. The first-order valence-corrected chi connectivity index (χ1v) is 8.66. The summed E-state index contributed by atoms with van der Waals surface area (Å²) < 4.78 is 10.4. The molecule has 5 heteroatoms. The summed E-state index contributed by atoms with van der Waals surface area (Å²) in [5.41, 5.74) is 0. The summed E-state index contributed by atoms with van der Waals surface area (Å²) in [7, 11) is 1.60. The van der Waals surface area contributed by atoms with Gasteiger partial charge in [-0.3, -0.25) is 4.79 Å². The molecule has 5 nitrogen and oxygen atoms in total. The maximum atomic E-state index is 12.0. The van der Waals surface area contributed by atoms with Crippen LogP contribution in [0.15, 0.2) is 16.5 Å². The lowest BCUT2D eigenvalue weighted by Gasteiger charge is -2.34. The third-order valence-corrected chi connectivity index (χ3v) is 4.30. The minimum Gasteiger partial charge on any atom is -0.453 e. The largest absolute Gasteiger partial charge is 0.453 e. The summed E-state index contributed by atoms with van der Waals surface area (Å²) in [6, 6.07) is 3.47. The first-order chi connectivity index (χ1) is 11.1. The number of nitrogens with one attached hydrogen (secondary N) is 1. The van der Waals surface area contributed by atoms with Gasteiger partial charge in [0.1, 0.15) is 12.4 Å². The lowest BCUT2D eigenvalue weighted by molar-refractivity contribution is 0.0915. The molecule has 1 aromatic heterocycles. The van der Waals surface area contributed by atoms with Crippen molar-refractivity contribution >= 4 is 5.91 Å². The summed E-state index contributed by atoms with van der Waals surface area (Å²) in [4.78, 5) is 14.5. The van der Waals surface area contributed by atoms with Gasteiger partial charge >= 0.3 is 0 Å². The van der Waals surface area contributed by atoms with E-state index in [4.69, 9.17) is 9.15 Å². The van der Waals surface area contributed by atoms with Gasteiger partial charge in [-0.05, 0) is 49.8 Å². The van der Waals surface area contributed by atoms with Crippen LogP contribution < -0.4 is 5.32 Å². The molecule has 0 saturated carbocycles. The van der Waals surface area contributed by atoms with E-state index in [0.29, 0.717) is 24.7 Å². The Bertz CT molecular complexity index is 476. The van der Waals surface area contributed by atoms with E-state index in [1.165, 1.54) is 19.5 Å². The minimum absolute atomic E-state index is 0.146. The van der Waals surface area contributed by atoms with Gasteiger partial charge < -0.3 is 19.4 Å². The van der Waals surface area contributed by atoms with Crippen LogP contribution in [0.1, 0.15) is 49.4 Å².